The number of rotatable bonds is 7. The van der Waals surface area contributed by atoms with Gasteiger partial charge in [-0.3, -0.25) is 0 Å². The third kappa shape index (κ3) is 5.41. The van der Waals surface area contributed by atoms with Crippen LogP contribution < -0.4 is 10.2 Å². The molecule has 7 nitrogen and oxygen atoms in total. The van der Waals surface area contributed by atoms with Crippen molar-refractivity contribution < 1.29 is 4.39 Å². The number of piperazine rings is 1. The van der Waals surface area contributed by atoms with E-state index in [2.05, 4.69) is 48.3 Å². The van der Waals surface area contributed by atoms with Gasteiger partial charge in [-0.25, -0.2) is 9.38 Å². The molecule has 0 saturated carbocycles. The second-order valence-corrected chi connectivity index (χ2v) is 8.40. The van der Waals surface area contributed by atoms with Gasteiger partial charge in [0.2, 0.25) is 0 Å². The second kappa shape index (κ2) is 10.4. The minimum atomic E-state index is -0.165. The summed E-state index contributed by atoms with van der Waals surface area (Å²) < 4.78 is 16.2. The standard InChI is InChI=1S/C22H28FN7S/c1-2-21-27-26-17-30(21)10-9-24-22(25-16-18-6-5-15-31-18)29-13-11-28(12-14-29)20-8-4-3-7-19(20)23/h3-8,15,17H,2,9-14,16H2,1H3,(H,24,25). The minimum absolute atomic E-state index is 0.165. The van der Waals surface area contributed by atoms with Gasteiger partial charge in [-0.15, -0.1) is 21.5 Å². The van der Waals surface area contributed by atoms with Crippen molar-refractivity contribution in [2.24, 2.45) is 4.99 Å². The van der Waals surface area contributed by atoms with Crippen LogP contribution in [0.4, 0.5) is 10.1 Å². The van der Waals surface area contributed by atoms with Crippen molar-refractivity contribution in [1.29, 1.82) is 0 Å². The van der Waals surface area contributed by atoms with Crippen LogP contribution in [0.5, 0.6) is 0 Å². The molecule has 3 aromatic rings. The smallest absolute Gasteiger partial charge is 0.194 e. The fourth-order valence-corrected chi connectivity index (χ4v) is 4.35. The highest BCUT2D eigenvalue weighted by Gasteiger charge is 2.21. The first-order valence-electron chi connectivity index (χ1n) is 10.7. The summed E-state index contributed by atoms with van der Waals surface area (Å²) in [5, 5.41) is 13.7. The van der Waals surface area contributed by atoms with E-state index < -0.39 is 0 Å². The topological polar surface area (TPSA) is 61.6 Å². The SMILES string of the molecule is CCc1nncn1CCNC(=NCc1cccs1)N1CCN(c2ccccc2F)CC1. The van der Waals surface area contributed by atoms with E-state index in [0.717, 1.165) is 57.5 Å². The molecule has 0 radical (unpaired) electrons. The number of hydrogen-bond donors (Lipinski definition) is 1. The van der Waals surface area contributed by atoms with Crippen LogP contribution in [-0.4, -0.2) is 58.3 Å². The summed E-state index contributed by atoms with van der Waals surface area (Å²) in [6.07, 6.45) is 2.63. The average molecular weight is 442 g/mol. The van der Waals surface area contributed by atoms with Crippen molar-refractivity contribution >= 4 is 23.0 Å². The maximum Gasteiger partial charge on any atom is 0.194 e. The van der Waals surface area contributed by atoms with Gasteiger partial charge >= 0.3 is 0 Å². The fraction of sp³-hybridized carbons (Fsp3) is 0.409. The van der Waals surface area contributed by atoms with E-state index in [-0.39, 0.29) is 5.82 Å². The van der Waals surface area contributed by atoms with Crippen molar-refractivity contribution in [3.8, 4) is 0 Å². The molecule has 0 amide bonds. The van der Waals surface area contributed by atoms with Gasteiger partial charge in [0.05, 0.1) is 12.2 Å². The van der Waals surface area contributed by atoms with Crippen LogP contribution >= 0.6 is 11.3 Å². The van der Waals surface area contributed by atoms with Gasteiger partial charge in [0.15, 0.2) is 5.96 Å². The number of para-hydroxylation sites is 1. The fourth-order valence-electron chi connectivity index (χ4n) is 3.72. The summed E-state index contributed by atoms with van der Waals surface area (Å²) in [7, 11) is 0. The predicted octanol–water partition coefficient (Wildman–Crippen LogP) is 3.01. The monoisotopic (exact) mass is 441 g/mol. The Bertz CT molecular complexity index is 977. The quantitative estimate of drug-likeness (QED) is 0.451. The number of guanidine groups is 1. The number of halogens is 1. The number of aliphatic imine (C=N–C) groups is 1. The zero-order valence-electron chi connectivity index (χ0n) is 17.7. The molecular weight excluding hydrogens is 413 g/mol. The van der Waals surface area contributed by atoms with Crippen molar-refractivity contribution in [3.63, 3.8) is 0 Å². The molecule has 164 valence electrons. The number of benzene rings is 1. The predicted molar refractivity (Wildman–Crippen MR) is 123 cm³/mol. The molecule has 0 aliphatic carbocycles. The highest BCUT2D eigenvalue weighted by Crippen LogP contribution is 2.20. The molecule has 1 aliphatic rings. The molecule has 0 bridgehead atoms. The lowest BCUT2D eigenvalue weighted by atomic mass is 10.2. The van der Waals surface area contributed by atoms with E-state index in [1.807, 2.05) is 18.2 Å². The molecule has 4 rings (SSSR count). The number of thiophene rings is 1. The summed E-state index contributed by atoms with van der Waals surface area (Å²) in [6, 6.07) is 11.1. The van der Waals surface area contributed by atoms with Crippen LogP contribution in [0.2, 0.25) is 0 Å². The molecule has 0 unspecified atom stereocenters. The highest BCUT2D eigenvalue weighted by molar-refractivity contribution is 7.09. The van der Waals surface area contributed by atoms with E-state index in [4.69, 9.17) is 4.99 Å². The zero-order valence-corrected chi connectivity index (χ0v) is 18.6. The molecule has 1 saturated heterocycles. The van der Waals surface area contributed by atoms with Gasteiger partial charge in [-0.05, 0) is 23.6 Å². The summed E-state index contributed by atoms with van der Waals surface area (Å²) in [4.78, 5) is 10.5. The molecule has 0 spiro atoms. The first-order chi connectivity index (χ1) is 15.2. The summed E-state index contributed by atoms with van der Waals surface area (Å²) in [5.41, 5.74) is 0.673. The van der Waals surface area contributed by atoms with Crippen LogP contribution in [0.15, 0.2) is 53.1 Å². The van der Waals surface area contributed by atoms with Gasteiger partial charge in [-0.2, -0.15) is 0 Å². The molecule has 1 fully saturated rings. The van der Waals surface area contributed by atoms with Gasteiger partial charge in [0.1, 0.15) is 18.0 Å². The lowest BCUT2D eigenvalue weighted by molar-refractivity contribution is 0.369. The Kier molecular flexibility index (Phi) is 7.14. The van der Waals surface area contributed by atoms with Crippen LogP contribution in [0, 0.1) is 5.82 Å². The number of aromatic nitrogens is 3. The number of nitrogens with one attached hydrogen (secondary N) is 1. The third-order valence-corrected chi connectivity index (χ3v) is 6.25. The molecule has 1 aliphatic heterocycles. The number of anilines is 1. The number of aryl methyl sites for hydroxylation is 1. The maximum absolute atomic E-state index is 14.2. The molecule has 0 atom stereocenters. The molecule has 9 heteroatoms. The van der Waals surface area contributed by atoms with E-state index in [0.29, 0.717) is 12.2 Å². The van der Waals surface area contributed by atoms with Crippen molar-refractivity contribution in [2.45, 2.75) is 26.4 Å². The zero-order chi connectivity index (χ0) is 21.5. The Morgan fingerprint density at radius 1 is 1.16 bits per heavy atom. The number of hydrogen-bond acceptors (Lipinski definition) is 5. The Morgan fingerprint density at radius 2 is 2.00 bits per heavy atom. The van der Waals surface area contributed by atoms with Gasteiger partial charge in [0, 0.05) is 50.6 Å². The Hall–Kier alpha value is -2.94. The normalized spacial score (nSPS) is 14.8. The van der Waals surface area contributed by atoms with Gasteiger partial charge < -0.3 is 19.7 Å². The van der Waals surface area contributed by atoms with Crippen LogP contribution in [0.25, 0.3) is 0 Å². The maximum atomic E-state index is 14.2. The summed E-state index contributed by atoms with van der Waals surface area (Å²) in [6.45, 7) is 7.34. The lowest BCUT2D eigenvalue weighted by Gasteiger charge is -2.37. The Morgan fingerprint density at radius 3 is 2.74 bits per heavy atom. The average Bonchev–Trinajstić information content (AvgIpc) is 3.48. The molecule has 2 aromatic heterocycles. The van der Waals surface area contributed by atoms with Crippen LogP contribution in [0.1, 0.15) is 17.6 Å². The van der Waals surface area contributed by atoms with Crippen molar-refractivity contribution in [3.05, 3.63) is 64.6 Å². The van der Waals surface area contributed by atoms with E-state index >= 15 is 0 Å². The second-order valence-electron chi connectivity index (χ2n) is 7.37. The van der Waals surface area contributed by atoms with Crippen molar-refractivity contribution in [2.75, 3.05) is 37.6 Å². The first-order valence-corrected chi connectivity index (χ1v) is 11.5. The molecular formula is C22H28FN7S. The Balaban J connectivity index is 1.39. The van der Waals surface area contributed by atoms with Crippen LogP contribution in [-0.2, 0) is 19.5 Å². The highest BCUT2D eigenvalue weighted by atomic mass is 32.1. The van der Waals surface area contributed by atoms with Gasteiger partial charge in [0.25, 0.3) is 0 Å². The largest absolute Gasteiger partial charge is 0.366 e. The summed E-state index contributed by atoms with van der Waals surface area (Å²) >= 11 is 1.71. The lowest BCUT2D eigenvalue weighted by Crippen LogP contribution is -2.53. The first kappa shape index (κ1) is 21.3. The Labute approximate surface area is 186 Å². The van der Waals surface area contributed by atoms with E-state index in [9.17, 15) is 4.39 Å². The van der Waals surface area contributed by atoms with Gasteiger partial charge in [-0.1, -0.05) is 25.1 Å². The minimum Gasteiger partial charge on any atom is -0.366 e. The molecule has 3 heterocycles. The van der Waals surface area contributed by atoms with Crippen molar-refractivity contribution in [1.82, 2.24) is 25.0 Å². The molecule has 31 heavy (non-hydrogen) atoms. The summed E-state index contributed by atoms with van der Waals surface area (Å²) in [5.74, 6) is 1.71. The molecule has 1 aromatic carbocycles. The molecule has 1 N–H and O–H groups in total. The van der Waals surface area contributed by atoms with E-state index in [1.165, 1.54) is 10.9 Å². The van der Waals surface area contributed by atoms with E-state index in [1.54, 1.807) is 23.7 Å². The third-order valence-electron chi connectivity index (χ3n) is 5.38. The number of nitrogens with zero attached hydrogens (tertiary/aromatic N) is 6. The van der Waals surface area contributed by atoms with Crippen LogP contribution in [0.3, 0.4) is 0 Å².